The van der Waals surface area contributed by atoms with Gasteiger partial charge in [-0.1, -0.05) is 13.8 Å². The topological polar surface area (TPSA) is 118 Å². The van der Waals surface area contributed by atoms with Crippen molar-refractivity contribution in [3.05, 3.63) is 0 Å². The molecule has 0 spiro atoms. The molecule has 0 bridgehead atoms. The first-order valence-corrected chi connectivity index (χ1v) is 8.04. The number of rotatable bonds is 7. The Hall–Kier alpha value is -1.71. The number of esters is 3. The molecule has 0 aromatic heterocycles. The molecule has 9 heteroatoms. The van der Waals surface area contributed by atoms with Crippen LogP contribution in [-0.4, -0.2) is 66.9 Å². The Labute approximate surface area is 146 Å². The van der Waals surface area contributed by atoms with Crippen molar-refractivity contribution >= 4 is 17.9 Å². The Morgan fingerprint density at radius 2 is 1.52 bits per heavy atom. The summed E-state index contributed by atoms with van der Waals surface area (Å²) in [5.41, 5.74) is 0. The number of carbonyl (C=O) groups is 3. The highest BCUT2D eigenvalue weighted by atomic mass is 16.7. The first kappa shape index (κ1) is 21.3. The molecule has 25 heavy (non-hydrogen) atoms. The molecular weight excluding hydrogens is 336 g/mol. The lowest BCUT2D eigenvalue weighted by Gasteiger charge is -2.43. The molecule has 0 aromatic carbocycles. The summed E-state index contributed by atoms with van der Waals surface area (Å²) in [6, 6.07) is 0. The lowest BCUT2D eigenvalue weighted by Crippen LogP contribution is -2.62. The number of hydrogen-bond acceptors (Lipinski definition) is 9. The molecule has 0 amide bonds. The molecule has 144 valence electrons. The van der Waals surface area contributed by atoms with Gasteiger partial charge in [0.15, 0.2) is 18.5 Å². The van der Waals surface area contributed by atoms with Gasteiger partial charge in [0, 0.05) is 27.4 Å². The molecule has 5 atom stereocenters. The standard InChI is InChI=1S/C16H26O9/c1-8(2)6-22-14-13(23-10(4)18)12(7-21-9(3)17)25-16(20)15(14)24-11(5)19/h8,12-16,20H,6-7H2,1-5H3/t12-,13-,14+,15-,16-/m1/s1. The van der Waals surface area contributed by atoms with E-state index in [4.69, 9.17) is 23.7 Å². The third-order valence-corrected chi connectivity index (χ3v) is 3.29. The van der Waals surface area contributed by atoms with Crippen LogP contribution in [0.3, 0.4) is 0 Å². The van der Waals surface area contributed by atoms with Gasteiger partial charge in [0.25, 0.3) is 0 Å². The predicted molar refractivity (Wildman–Crippen MR) is 83.2 cm³/mol. The molecule has 1 N–H and O–H groups in total. The number of carbonyl (C=O) groups excluding carboxylic acids is 3. The van der Waals surface area contributed by atoms with Crippen molar-refractivity contribution in [2.45, 2.75) is 65.3 Å². The fourth-order valence-corrected chi connectivity index (χ4v) is 2.37. The Kier molecular flexibility index (Phi) is 8.27. The summed E-state index contributed by atoms with van der Waals surface area (Å²) in [5.74, 6) is -1.67. The molecule has 0 unspecified atom stereocenters. The highest BCUT2D eigenvalue weighted by Crippen LogP contribution is 2.28. The summed E-state index contributed by atoms with van der Waals surface area (Å²) in [6.45, 7) is 7.44. The summed E-state index contributed by atoms with van der Waals surface area (Å²) < 4.78 is 26.3. The molecule has 0 saturated carbocycles. The van der Waals surface area contributed by atoms with Crippen LogP contribution in [0.4, 0.5) is 0 Å². The summed E-state index contributed by atoms with van der Waals surface area (Å²) in [5, 5.41) is 10.2. The minimum absolute atomic E-state index is 0.142. The number of aliphatic hydroxyl groups is 1. The van der Waals surface area contributed by atoms with Crippen molar-refractivity contribution in [1.82, 2.24) is 0 Å². The normalized spacial score (nSPS) is 29.2. The van der Waals surface area contributed by atoms with E-state index < -0.39 is 48.6 Å². The minimum Gasteiger partial charge on any atom is -0.463 e. The average Bonchev–Trinajstić information content (AvgIpc) is 2.46. The number of ether oxygens (including phenoxy) is 5. The molecule has 1 heterocycles. The molecule has 9 nitrogen and oxygen atoms in total. The summed E-state index contributed by atoms with van der Waals surface area (Å²) in [6.07, 6.45) is -5.67. The molecule has 0 aliphatic carbocycles. The van der Waals surface area contributed by atoms with Crippen LogP contribution in [0.15, 0.2) is 0 Å². The fraction of sp³-hybridized carbons (Fsp3) is 0.812. The van der Waals surface area contributed by atoms with E-state index >= 15 is 0 Å². The third-order valence-electron chi connectivity index (χ3n) is 3.29. The molecule has 1 rings (SSSR count). The van der Waals surface area contributed by atoms with Crippen molar-refractivity contribution in [3.8, 4) is 0 Å². The lowest BCUT2D eigenvalue weighted by atomic mass is 9.98. The molecule has 1 aliphatic heterocycles. The van der Waals surface area contributed by atoms with Gasteiger partial charge in [-0.05, 0) is 5.92 Å². The zero-order valence-electron chi connectivity index (χ0n) is 15.1. The van der Waals surface area contributed by atoms with Crippen LogP contribution in [0.25, 0.3) is 0 Å². The van der Waals surface area contributed by atoms with E-state index in [1.807, 2.05) is 13.8 Å². The highest BCUT2D eigenvalue weighted by molar-refractivity contribution is 5.67. The van der Waals surface area contributed by atoms with Crippen LogP contribution < -0.4 is 0 Å². The van der Waals surface area contributed by atoms with Gasteiger partial charge in [-0.25, -0.2) is 0 Å². The van der Waals surface area contributed by atoms with Crippen LogP contribution in [0.5, 0.6) is 0 Å². The smallest absolute Gasteiger partial charge is 0.303 e. The van der Waals surface area contributed by atoms with Gasteiger partial charge in [-0.2, -0.15) is 0 Å². The van der Waals surface area contributed by atoms with Crippen LogP contribution in [0.1, 0.15) is 34.6 Å². The minimum atomic E-state index is -1.52. The van der Waals surface area contributed by atoms with Gasteiger partial charge < -0.3 is 28.8 Å². The average molecular weight is 362 g/mol. The fourth-order valence-electron chi connectivity index (χ4n) is 2.37. The summed E-state index contributed by atoms with van der Waals surface area (Å²) >= 11 is 0. The van der Waals surface area contributed by atoms with Crippen molar-refractivity contribution in [2.75, 3.05) is 13.2 Å². The second-order valence-electron chi connectivity index (χ2n) is 6.21. The zero-order valence-corrected chi connectivity index (χ0v) is 15.1. The molecule has 1 aliphatic rings. The van der Waals surface area contributed by atoms with E-state index in [0.29, 0.717) is 0 Å². The molecule has 0 aromatic rings. The van der Waals surface area contributed by atoms with Crippen LogP contribution >= 0.6 is 0 Å². The Morgan fingerprint density at radius 3 is 2.00 bits per heavy atom. The maximum absolute atomic E-state index is 11.5. The SMILES string of the molecule is CC(=O)OC[C@H]1O[C@@H](O)[C@H](OC(C)=O)[C@@H](OCC(C)C)[C@@H]1OC(C)=O. The van der Waals surface area contributed by atoms with E-state index in [1.165, 1.54) is 20.8 Å². The molecule has 0 radical (unpaired) electrons. The number of hydrogen-bond donors (Lipinski definition) is 1. The predicted octanol–water partition coefficient (Wildman–Crippen LogP) is 0.171. The van der Waals surface area contributed by atoms with E-state index in [2.05, 4.69) is 0 Å². The first-order chi connectivity index (χ1) is 11.6. The third kappa shape index (κ3) is 6.97. The van der Waals surface area contributed by atoms with Crippen molar-refractivity contribution in [2.24, 2.45) is 5.92 Å². The van der Waals surface area contributed by atoms with Gasteiger partial charge in [0.05, 0.1) is 0 Å². The van der Waals surface area contributed by atoms with Crippen molar-refractivity contribution in [3.63, 3.8) is 0 Å². The second-order valence-corrected chi connectivity index (χ2v) is 6.21. The quantitative estimate of drug-likeness (QED) is 0.499. The number of aliphatic hydroxyl groups excluding tert-OH is 1. The van der Waals surface area contributed by atoms with Gasteiger partial charge >= 0.3 is 17.9 Å². The molecule has 1 fully saturated rings. The summed E-state index contributed by atoms with van der Waals surface area (Å²) in [7, 11) is 0. The van der Waals surface area contributed by atoms with Crippen LogP contribution in [0, 0.1) is 5.92 Å². The molecule has 1 saturated heterocycles. The van der Waals surface area contributed by atoms with Gasteiger partial charge in [0.2, 0.25) is 0 Å². The van der Waals surface area contributed by atoms with Crippen LogP contribution in [-0.2, 0) is 38.1 Å². The van der Waals surface area contributed by atoms with E-state index in [0.717, 1.165) is 0 Å². The second kappa shape index (κ2) is 9.69. The maximum atomic E-state index is 11.5. The Balaban J connectivity index is 3.07. The highest BCUT2D eigenvalue weighted by Gasteiger charge is 2.50. The Bertz CT molecular complexity index is 476. The van der Waals surface area contributed by atoms with Gasteiger partial charge in [-0.3, -0.25) is 14.4 Å². The van der Waals surface area contributed by atoms with Gasteiger partial charge in [-0.15, -0.1) is 0 Å². The monoisotopic (exact) mass is 362 g/mol. The summed E-state index contributed by atoms with van der Waals surface area (Å²) in [4.78, 5) is 33.9. The van der Waals surface area contributed by atoms with Crippen molar-refractivity contribution < 1.29 is 43.2 Å². The van der Waals surface area contributed by atoms with E-state index in [9.17, 15) is 19.5 Å². The van der Waals surface area contributed by atoms with Crippen LogP contribution in [0.2, 0.25) is 0 Å². The lowest BCUT2D eigenvalue weighted by molar-refractivity contribution is -0.301. The molecular formula is C16H26O9. The van der Waals surface area contributed by atoms with E-state index in [-0.39, 0.29) is 19.1 Å². The first-order valence-electron chi connectivity index (χ1n) is 8.04. The van der Waals surface area contributed by atoms with Crippen molar-refractivity contribution in [1.29, 1.82) is 0 Å². The zero-order chi connectivity index (χ0) is 19.1. The van der Waals surface area contributed by atoms with Gasteiger partial charge in [0.1, 0.15) is 18.8 Å². The maximum Gasteiger partial charge on any atom is 0.303 e. The Morgan fingerprint density at radius 1 is 0.960 bits per heavy atom. The van der Waals surface area contributed by atoms with E-state index in [1.54, 1.807) is 0 Å². The largest absolute Gasteiger partial charge is 0.463 e.